The summed E-state index contributed by atoms with van der Waals surface area (Å²) in [6.45, 7) is 7.57. The fourth-order valence-corrected chi connectivity index (χ4v) is 2.43. The van der Waals surface area contributed by atoms with Crippen LogP contribution in [0.3, 0.4) is 0 Å². The smallest absolute Gasteiger partial charge is 0.340 e. The topological polar surface area (TPSA) is 64.8 Å². The number of esters is 1. The lowest BCUT2D eigenvalue weighted by Gasteiger charge is -2.29. The molecule has 1 aromatic carbocycles. The van der Waals surface area contributed by atoms with Gasteiger partial charge in [-0.25, -0.2) is 4.79 Å². The summed E-state index contributed by atoms with van der Waals surface area (Å²) in [6.07, 6.45) is 2.22. The standard InChI is InChI=1S/C17H26N2O3/c1-17(2,3)22-16(20)14-6-5-13(11-15(14)18)21-12-7-9-19(4)10-8-12/h5-6,11-12H,7-10,18H2,1-4H3. The van der Waals surface area contributed by atoms with E-state index >= 15 is 0 Å². The second kappa shape index (κ2) is 6.57. The second-order valence-corrected chi connectivity index (χ2v) is 6.87. The van der Waals surface area contributed by atoms with Crippen molar-refractivity contribution in [1.29, 1.82) is 0 Å². The number of carbonyl (C=O) groups is 1. The zero-order valence-corrected chi connectivity index (χ0v) is 13.9. The molecular weight excluding hydrogens is 280 g/mol. The maximum Gasteiger partial charge on any atom is 0.340 e. The van der Waals surface area contributed by atoms with Crippen molar-refractivity contribution in [3.63, 3.8) is 0 Å². The molecule has 1 fully saturated rings. The van der Waals surface area contributed by atoms with E-state index in [2.05, 4.69) is 11.9 Å². The van der Waals surface area contributed by atoms with Crippen LogP contribution in [0.15, 0.2) is 18.2 Å². The van der Waals surface area contributed by atoms with E-state index in [4.69, 9.17) is 15.2 Å². The summed E-state index contributed by atoms with van der Waals surface area (Å²) in [7, 11) is 2.11. The molecule has 0 atom stereocenters. The molecule has 0 saturated carbocycles. The van der Waals surface area contributed by atoms with E-state index in [1.807, 2.05) is 20.8 Å². The molecule has 2 N–H and O–H groups in total. The molecule has 0 spiro atoms. The predicted molar refractivity (Wildman–Crippen MR) is 87.2 cm³/mol. The Morgan fingerprint density at radius 2 is 1.91 bits per heavy atom. The van der Waals surface area contributed by atoms with Gasteiger partial charge in [-0.2, -0.15) is 0 Å². The van der Waals surface area contributed by atoms with E-state index < -0.39 is 11.6 Å². The molecule has 1 aliphatic heterocycles. The Morgan fingerprint density at radius 3 is 2.45 bits per heavy atom. The lowest BCUT2D eigenvalue weighted by molar-refractivity contribution is 0.00708. The Kier molecular flexibility index (Phi) is 4.96. The van der Waals surface area contributed by atoms with Crippen LogP contribution in [0.5, 0.6) is 5.75 Å². The molecule has 122 valence electrons. The van der Waals surface area contributed by atoms with E-state index in [-0.39, 0.29) is 6.10 Å². The van der Waals surface area contributed by atoms with E-state index in [0.717, 1.165) is 25.9 Å². The Bertz CT molecular complexity index is 529. The van der Waals surface area contributed by atoms with Crippen molar-refractivity contribution in [3.8, 4) is 5.75 Å². The van der Waals surface area contributed by atoms with Crippen LogP contribution in [0.2, 0.25) is 0 Å². The fraction of sp³-hybridized carbons (Fsp3) is 0.588. The first-order chi connectivity index (χ1) is 10.2. The van der Waals surface area contributed by atoms with E-state index in [9.17, 15) is 4.79 Å². The molecule has 1 saturated heterocycles. The molecule has 1 aromatic rings. The summed E-state index contributed by atoms with van der Waals surface area (Å²) in [5.41, 5.74) is 6.21. The number of ether oxygens (including phenoxy) is 2. The Morgan fingerprint density at radius 1 is 1.27 bits per heavy atom. The van der Waals surface area contributed by atoms with Crippen LogP contribution in [0.25, 0.3) is 0 Å². The first kappa shape index (κ1) is 16.6. The Balaban J connectivity index is 2.01. The first-order valence-corrected chi connectivity index (χ1v) is 7.73. The zero-order chi connectivity index (χ0) is 16.3. The van der Waals surface area contributed by atoms with Crippen LogP contribution in [-0.4, -0.2) is 42.7 Å². The number of piperidine rings is 1. The van der Waals surface area contributed by atoms with Crippen molar-refractivity contribution < 1.29 is 14.3 Å². The molecular formula is C17H26N2O3. The molecule has 1 aliphatic rings. The van der Waals surface area contributed by atoms with Crippen LogP contribution >= 0.6 is 0 Å². The van der Waals surface area contributed by atoms with Gasteiger partial charge >= 0.3 is 5.97 Å². The third-order valence-corrected chi connectivity index (χ3v) is 3.61. The van der Waals surface area contributed by atoms with Gasteiger partial charge < -0.3 is 20.1 Å². The number of hydrogen-bond acceptors (Lipinski definition) is 5. The van der Waals surface area contributed by atoms with Crippen molar-refractivity contribution in [1.82, 2.24) is 4.90 Å². The van der Waals surface area contributed by atoms with Gasteiger partial charge in [0, 0.05) is 24.8 Å². The Hall–Kier alpha value is -1.75. The number of hydrogen-bond donors (Lipinski definition) is 1. The maximum atomic E-state index is 12.1. The summed E-state index contributed by atoms with van der Waals surface area (Å²) in [5.74, 6) is 0.301. The van der Waals surface area contributed by atoms with Crippen LogP contribution in [-0.2, 0) is 4.74 Å². The minimum atomic E-state index is -0.535. The van der Waals surface area contributed by atoms with Gasteiger partial charge in [-0.15, -0.1) is 0 Å². The van der Waals surface area contributed by atoms with Gasteiger partial charge in [0.1, 0.15) is 17.5 Å². The quantitative estimate of drug-likeness (QED) is 0.687. The summed E-state index contributed by atoms with van der Waals surface area (Å²) < 4.78 is 11.3. The van der Waals surface area contributed by atoms with E-state index in [0.29, 0.717) is 17.0 Å². The summed E-state index contributed by atoms with van der Waals surface area (Å²) in [6, 6.07) is 5.17. The molecule has 1 heterocycles. The molecule has 0 aliphatic carbocycles. The molecule has 0 unspecified atom stereocenters. The summed E-state index contributed by atoms with van der Waals surface area (Å²) >= 11 is 0. The summed E-state index contributed by atoms with van der Waals surface area (Å²) in [4.78, 5) is 14.4. The monoisotopic (exact) mass is 306 g/mol. The zero-order valence-electron chi connectivity index (χ0n) is 13.9. The van der Waals surface area contributed by atoms with Crippen molar-refractivity contribution in [2.45, 2.75) is 45.3 Å². The van der Waals surface area contributed by atoms with Crippen molar-refractivity contribution in [3.05, 3.63) is 23.8 Å². The van der Waals surface area contributed by atoms with Gasteiger partial charge in [-0.3, -0.25) is 0 Å². The third kappa shape index (κ3) is 4.63. The lowest BCUT2D eigenvalue weighted by atomic mass is 10.1. The number of benzene rings is 1. The lowest BCUT2D eigenvalue weighted by Crippen LogP contribution is -2.35. The molecule has 5 nitrogen and oxygen atoms in total. The number of likely N-dealkylation sites (tertiary alicyclic amines) is 1. The van der Waals surface area contributed by atoms with Crippen LogP contribution in [0.4, 0.5) is 5.69 Å². The molecule has 2 rings (SSSR count). The first-order valence-electron chi connectivity index (χ1n) is 7.73. The van der Waals surface area contributed by atoms with Gasteiger partial charge in [-0.1, -0.05) is 0 Å². The minimum absolute atomic E-state index is 0.211. The van der Waals surface area contributed by atoms with E-state index in [1.165, 1.54) is 0 Å². The number of nitrogens with zero attached hydrogens (tertiary/aromatic N) is 1. The highest BCUT2D eigenvalue weighted by Crippen LogP contribution is 2.25. The number of nitrogen functional groups attached to an aromatic ring is 1. The van der Waals surface area contributed by atoms with E-state index in [1.54, 1.807) is 18.2 Å². The normalized spacial score (nSPS) is 17.3. The number of anilines is 1. The molecule has 0 aromatic heterocycles. The van der Waals surface area contributed by atoms with Crippen molar-refractivity contribution >= 4 is 11.7 Å². The van der Waals surface area contributed by atoms with Gasteiger partial charge in [0.05, 0.1) is 5.56 Å². The third-order valence-electron chi connectivity index (χ3n) is 3.61. The predicted octanol–water partition coefficient (Wildman–Crippen LogP) is 2.70. The van der Waals surface area contributed by atoms with Crippen LogP contribution in [0.1, 0.15) is 44.0 Å². The highest BCUT2D eigenvalue weighted by Gasteiger charge is 2.21. The second-order valence-electron chi connectivity index (χ2n) is 6.87. The highest BCUT2D eigenvalue weighted by molar-refractivity contribution is 5.95. The summed E-state index contributed by atoms with van der Waals surface area (Å²) in [5, 5.41) is 0. The van der Waals surface area contributed by atoms with Crippen molar-refractivity contribution in [2.75, 3.05) is 25.9 Å². The SMILES string of the molecule is CN1CCC(Oc2ccc(C(=O)OC(C)(C)C)c(N)c2)CC1. The minimum Gasteiger partial charge on any atom is -0.490 e. The van der Waals surface area contributed by atoms with Gasteiger partial charge in [0.2, 0.25) is 0 Å². The van der Waals surface area contributed by atoms with Crippen LogP contribution < -0.4 is 10.5 Å². The number of carbonyl (C=O) groups excluding carboxylic acids is 1. The molecule has 0 amide bonds. The average molecular weight is 306 g/mol. The van der Waals surface area contributed by atoms with Gasteiger partial charge in [0.25, 0.3) is 0 Å². The maximum absolute atomic E-state index is 12.1. The molecule has 0 radical (unpaired) electrons. The average Bonchev–Trinajstić information content (AvgIpc) is 2.39. The number of rotatable bonds is 3. The van der Waals surface area contributed by atoms with Crippen LogP contribution in [0, 0.1) is 0 Å². The Labute approximate surface area is 132 Å². The van der Waals surface area contributed by atoms with Gasteiger partial charge in [-0.05, 0) is 52.8 Å². The van der Waals surface area contributed by atoms with Crippen molar-refractivity contribution in [2.24, 2.45) is 0 Å². The fourth-order valence-electron chi connectivity index (χ4n) is 2.43. The largest absolute Gasteiger partial charge is 0.490 e. The van der Waals surface area contributed by atoms with Gasteiger partial charge in [0.15, 0.2) is 0 Å². The molecule has 0 bridgehead atoms. The highest BCUT2D eigenvalue weighted by atomic mass is 16.6. The molecule has 22 heavy (non-hydrogen) atoms. The number of nitrogens with two attached hydrogens (primary N) is 1. The molecule has 5 heteroatoms.